The van der Waals surface area contributed by atoms with Gasteiger partial charge >= 0.3 is 0 Å². The van der Waals surface area contributed by atoms with Crippen molar-refractivity contribution in [1.82, 2.24) is 25.2 Å². The highest BCUT2D eigenvalue weighted by atomic mass is 16.1. The van der Waals surface area contributed by atoms with Crippen LogP contribution < -0.4 is 10.5 Å². The number of H-pyrrole nitrogens is 1. The summed E-state index contributed by atoms with van der Waals surface area (Å²) in [5.74, 6) is 1.38. The molecule has 2 aromatic heterocycles. The van der Waals surface area contributed by atoms with E-state index in [0.717, 1.165) is 47.4 Å². The van der Waals surface area contributed by atoms with Gasteiger partial charge in [-0.2, -0.15) is 0 Å². The molecule has 154 valence electrons. The van der Waals surface area contributed by atoms with E-state index in [2.05, 4.69) is 60.3 Å². The van der Waals surface area contributed by atoms with Crippen molar-refractivity contribution in [2.45, 2.75) is 59.0 Å². The normalized spacial score (nSPS) is 21.4. The lowest BCUT2D eigenvalue weighted by atomic mass is 9.95. The van der Waals surface area contributed by atoms with E-state index in [1.807, 2.05) is 23.7 Å². The van der Waals surface area contributed by atoms with E-state index in [1.165, 1.54) is 11.3 Å². The molecule has 1 aromatic carbocycles. The fourth-order valence-corrected chi connectivity index (χ4v) is 4.53. The third-order valence-electron chi connectivity index (χ3n) is 5.94. The van der Waals surface area contributed by atoms with Crippen molar-refractivity contribution >= 4 is 10.9 Å². The van der Waals surface area contributed by atoms with E-state index in [-0.39, 0.29) is 17.1 Å². The number of benzene rings is 1. The molecule has 7 nitrogen and oxygen atoms in total. The molecular weight excluding hydrogens is 364 g/mol. The van der Waals surface area contributed by atoms with Gasteiger partial charge in [0.15, 0.2) is 6.04 Å². The first kappa shape index (κ1) is 19.8. The monoisotopic (exact) mass is 395 g/mol. The van der Waals surface area contributed by atoms with Gasteiger partial charge in [0, 0.05) is 11.4 Å². The molecule has 2 N–H and O–H groups in total. The number of nitrogens with one attached hydrogen (secondary N) is 2. The number of likely N-dealkylation sites (tertiary alicyclic amines) is 1. The van der Waals surface area contributed by atoms with Crippen molar-refractivity contribution < 1.29 is 4.90 Å². The second kappa shape index (κ2) is 7.37. The maximum atomic E-state index is 13.2. The molecule has 7 heteroatoms. The van der Waals surface area contributed by atoms with Gasteiger partial charge in [-0.1, -0.05) is 19.1 Å². The van der Waals surface area contributed by atoms with Crippen LogP contribution in [0.5, 0.6) is 0 Å². The second-order valence-corrected chi connectivity index (χ2v) is 9.56. The lowest BCUT2D eigenvalue weighted by molar-refractivity contribution is -0.934. The fraction of sp³-hybridized carbons (Fsp3) is 0.545. The molecule has 3 aromatic rings. The van der Waals surface area contributed by atoms with Gasteiger partial charge in [-0.25, -0.2) is 4.68 Å². The third kappa shape index (κ3) is 3.83. The Bertz CT molecular complexity index is 1080. The number of fused-ring (bicyclic) bond motifs is 1. The highest BCUT2D eigenvalue weighted by Crippen LogP contribution is 2.23. The number of piperidine rings is 1. The van der Waals surface area contributed by atoms with Crippen molar-refractivity contribution in [3.63, 3.8) is 0 Å². The van der Waals surface area contributed by atoms with Crippen LogP contribution in [0.2, 0.25) is 0 Å². The van der Waals surface area contributed by atoms with Crippen molar-refractivity contribution in [3.05, 3.63) is 51.6 Å². The molecule has 1 saturated heterocycles. The number of hydrogen-bond acceptors (Lipinski definition) is 4. The van der Waals surface area contributed by atoms with Crippen LogP contribution >= 0.6 is 0 Å². The molecule has 0 spiro atoms. The maximum absolute atomic E-state index is 13.2. The Morgan fingerprint density at radius 2 is 2.07 bits per heavy atom. The predicted molar refractivity (Wildman–Crippen MR) is 113 cm³/mol. The van der Waals surface area contributed by atoms with Crippen molar-refractivity contribution in [1.29, 1.82) is 0 Å². The van der Waals surface area contributed by atoms with E-state index in [4.69, 9.17) is 0 Å². The molecule has 0 amide bonds. The van der Waals surface area contributed by atoms with Crippen molar-refractivity contribution in [2.24, 2.45) is 5.92 Å². The Hall–Kier alpha value is -2.54. The first-order valence-corrected chi connectivity index (χ1v) is 10.5. The summed E-state index contributed by atoms with van der Waals surface area (Å²) in [4.78, 5) is 17.7. The zero-order valence-electron chi connectivity index (χ0n) is 18.0. The van der Waals surface area contributed by atoms with Crippen LogP contribution in [0.3, 0.4) is 0 Å². The number of aromatic amines is 1. The zero-order chi connectivity index (χ0) is 20.8. The SMILES string of the molecule is Cc1ccc2cc([C@H](c3nnnn3C(C)(C)C)[NH+]3CCC[C@H](C)C3)c(=O)[nH]c2c1. The predicted octanol–water partition coefficient (Wildman–Crippen LogP) is 1.98. The maximum Gasteiger partial charge on any atom is 0.258 e. The van der Waals surface area contributed by atoms with E-state index in [1.54, 1.807) is 0 Å². The minimum Gasteiger partial charge on any atom is -0.322 e. The van der Waals surface area contributed by atoms with Gasteiger partial charge in [0.1, 0.15) is 0 Å². The summed E-state index contributed by atoms with van der Waals surface area (Å²) in [6, 6.07) is 8.01. The highest BCUT2D eigenvalue weighted by Gasteiger charge is 2.38. The Morgan fingerprint density at radius 1 is 1.28 bits per heavy atom. The molecule has 0 bridgehead atoms. The molecule has 1 aliphatic rings. The van der Waals surface area contributed by atoms with Gasteiger partial charge in [-0.05, 0) is 74.0 Å². The number of nitrogens with zero attached hydrogens (tertiary/aromatic N) is 4. The van der Waals surface area contributed by atoms with Crippen LogP contribution in [0.4, 0.5) is 0 Å². The minimum atomic E-state index is -0.265. The smallest absolute Gasteiger partial charge is 0.258 e. The first-order chi connectivity index (χ1) is 13.7. The van der Waals surface area contributed by atoms with Crippen LogP contribution in [-0.2, 0) is 5.54 Å². The molecule has 1 fully saturated rings. The number of hydrogen-bond donors (Lipinski definition) is 2. The number of aryl methyl sites for hydroxylation is 1. The average Bonchev–Trinajstić information content (AvgIpc) is 3.12. The van der Waals surface area contributed by atoms with Crippen LogP contribution in [-0.4, -0.2) is 38.3 Å². The van der Waals surface area contributed by atoms with Gasteiger partial charge in [0.2, 0.25) is 5.82 Å². The molecule has 3 heterocycles. The van der Waals surface area contributed by atoms with Crippen LogP contribution in [0.15, 0.2) is 29.1 Å². The molecule has 1 unspecified atom stereocenters. The molecule has 3 atom stereocenters. The van der Waals surface area contributed by atoms with Crippen molar-refractivity contribution in [3.8, 4) is 0 Å². The van der Waals surface area contributed by atoms with Crippen molar-refractivity contribution in [2.75, 3.05) is 13.1 Å². The van der Waals surface area contributed by atoms with E-state index >= 15 is 0 Å². The quantitative estimate of drug-likeness (QED) is 0.711. The number of aromatic nitrogens is 5. The molecule has 29 heavy (non-hydrogen) atoms. The summed E-state index contributed by atoms with van der Waals surface area (Å²) < 4.78 is 1.88. The third-order valence-corrected chi connectivity index (χ3v) is 5.94. The highest BCUT2D eigenvalue weighted by molar-refractivity contribution is 5.79. The number of pyridine rings is 1. The fourth-order valence-electron chi connectivity index (χ4n) is 4.53. The first-order valence-electron chi connectivity index (χ1n) is 10.5. The largest absolute Gasteiger partial charge is 0.322 e. The Balaban J connectivity index is 1.91. The van der Waals surface area contributed by atoms with Crippen LogP contribution in [0.25, 0.3) is 10.9 Å². The summed E-state index contributed by atoms with van der Waals surface area (Å²) in [7, 11) is 0. The molecule has 0 radical (unpaired) electrons. The number of quaternary nitrogens is 1. The van der Waals surface area contributed by atoms with Gasteiger partial charge < -0.3 is 9.88 Å². The molecule has 0 saturated carbocycles. The average molecular weight is 396 g/mol. The Kier molecular flexibility index (Phi) is 5.02. The lowest BCUT2D eigenvalue weighted by Crippen LogP contribution is -3.14. The van der Waals surface area contributed by atoms with Gasteiger partial charge in [-0.3, -0.25) is 4.79 Å². The van der Waals surface area contributed by atoms with Gasteiger partial charge in [0.05, 0.1) is 24.2 Å². The molecular formula is C22H31N6O+. The summed E-state index contributed by atoms with van der Waals surface area (Å²) in [6.45, 7) is 12.6. The number of tetrazole rings is 1. The van der Waals surface area contributed by atoms with Crippen LogP contribution in [0, 0.1) is 12.8 Å². The lowest BCUT2D eigenvalue weighted by Gasteiger charge is -2.34. The van der Waals surface area contributed by atoms with E-state index in [0.29, 0.717) is 5.92 Å². The standard InChI is InChI=1S/C22H30N6O/c1-14-8-9-16-12-17(21(29)23-18(16)11-14)19(27-10-6-7-15(2)13-27)20-24-25-26-28(20)22(3,4)5/h8-9,11-12,15,19H,6-7,10,13H2,1-5H3,(H,23,29)/p+1/t15-,19+/m0/s1. The second-order valence-electron chi connectivity index (χ2n) is 9.56. The molecule has 0 aliphatic carbocycles. The Labute approximate surface area is 171 Å². The topological polar surface area (TPSA) is 80.9 Å². The van der Waals surface area contributed by atoms with Gasteiger partial charge in [0.25, 0.3) is 5.56 Å². The summed E-state index contributed by atoms with van der Waals surface area (Å²) in [5, 5.41) is 13.7. The number of rotatable bonds is 3. The minimum absolute atomic E-state index is 0.0534. The van der Waals surface area contributed by atoms with Crippen LogP contribution in [0.1, 0.15) is 63.5 Å². The molecule has 1 aliphatic heterocycles. The van der Waals surface area contributed by atoms with E-state index in [9.17, 15) is 4.79 Å². The van der Waals surface area contributed by atoms with E-state index < -0.39 is 0 Å². The zero-order valence-corrected chi connectivity index (χ0v) is 18.0. The molecule has 4 rings (SSSR count). The Morgan fingerprint density at radius 3 is 2.79 bits per heavy atom. The van der Waals surface area contributed by atoms with Gasteiger partial charge in [-0.15, -0.1) is 5.10 Å². The summed E-state index contributed by atoms with van der Waals surface area (Å²) >= 11 is 0. The summed E-state index contributed by atoms with van der Waals surface area (Å²) in [5.41, 5.74) is 2.42. The summed E-state index contributed by atoms with van der Waals surface area (Å²) in [6.07, 6.45) is 2.38.